The van der Waals surface area contributed by atoms with E-state index < -0.39 is 29.0 Å². The lowest BCUT2D eigenvalue weighted by Gasteiger charge is -2.36. The normalized spacial score (nSPS) is 23.4. The van der Waals surface area contributed by atoms with Crippen molar-refractivity contribution in [2.24, 2.45) is 10.8 Å². The van der Waals surface area contributed by atoms with E-state index in [1.165, 1.54) is 0 Å². The molecule has 3 aromatic rings. The van der Waals surface area contributed by atoms with Gasteiger partial charge >= 0.3 is 0 Å². The molecule has 0 aliphatic heterocycles. The molecule has 2 unspecified atom stereocenters. The molecule has 188 valence electrons. The van der Waals surface area contributed by atoms with Crippen molar-refractivity contribution in [1.82, 2.24) is 0 Å². The number of carbonyl (C=O) groups excluding carboxylic acids is 2. The zero-order valence-corrected chi connectivity index (χ0v) is 22.3. The standard InChI is InChI=1S/C32H31O4P/c1-4-36-27-13-15-28(16-14-27)37(35,29(33)31(2)19-17-23-9-5-7-11-25(23)21-31)30(34)32(3)20-18-24-10-6-8-12-26(24)22-32/h5-20H,4,21-22H2,1-3H3. The quantitative estimate of drug-likeness (QED) is 0.333. The third-order valence-corrected chi connectivity index (χ3v) is 10.7. The number of benzene rings is 3. The van der Waals surface area contributed by atoms with Crippen LogP contribution in [0.4, 0.5) is 0 Å². The molecule has 0 fully saturated rings. The number of ether oxygens (including phenoxy) is 1. The van der Waals surface area contributed by atoms with Crippen LogP contribution in [0.15, 0.2) is 84.9 Å². The third-order valence-electron chi connectivity index (χ3n) is 7.55. The van der Waals surface area contributed by atoms with E-state index in [4.69, 9.17) is 4.74 Å². The first kappa shape index (κ1) is 25.2. The van der Waals surface area contributed by atoms with Gasteiger partial charge in [0, 0.05) is 5.30 Å². The molecule has 2 aliphatic rings. The average Bonchev–Trinajstić information content (AvgIpc) is 2.92. The summed E-state index contributed by atoms with van der Waals surface area (Å²) in [5, 5.41) is 0.257. The van der Waals surface area contributed by atoms with Gasteiger partial charge in [0.25, 0.3) is 0 Å². The van der Waals surface area contributed by atoms with E-state index in [2.05, 4.69) is 0 Å². The molecule has 5 rings (SSSR count). The highest BCUT2D eigenvalue weighted by Gasteiger charge is 2.54. The molecule has 2 atom stereocenters. The Hall–Kier alpha value is -3.49. The Labute approximate surface area is 218 Å². The van der Waals surface area contributed by atoms with Gasteiger partial charge in [-0.2, -0.15) is 0 Å². The van der Waals surface area contributed by atoms with Crippen molar-refractivity contribution >= 4 is 35.6 Å². The smallest absolute Gasteiger partial charge is 0.240 e. The van der Waals surface area contributed by atoms with E-state index in [1.807, 2.05) is 79.8 Å². The molecule has 0 heterocycles. The Balaban J connectivity index is 1.61. The molecule has 0 aromatic heterocycles. The number of hydrogen-bond donors (Lipinski definition) is 0. The van der Waals surface area contributed by atoms with Crippen LogP contribution in [-0.2, 0) is 27.0 Å². The molecular formula is C32H31O4P. The van der Waals surface area contributed by atoms with Crippen LogP contribution in [0.5, 0.6) is 5.75 Å². The molecule has 5 heteroatoms. The van der Waals surface area contributed by atoms with Crippen LogP contribution >= 0.6 is 7.14 Å². The largest absolute Gasteiger partial charge is 0.494 e. The Morgan fingerprint density at radius 3 is 1.68 bits per heavy atom. The Morgan fingerprint density at radius 2 is 1.22 bits per heavy atom. The fraction of sp³-hybridized carbons (Fsp3) is 0.250. The molecule has 0 spiro atoms. The number of hydrogen-bond acceptors (Lipinski definition) is 4. The molecule has 0 radical (unpaired) electrons. The van der Waals surface area contributed by atoms with E-state index in [1.54, 1.807) is 38.1 Å². The SMILES string of the molecule is CCOc1ccc(P(=O)(C(=O)C2(C)C=Cc3ccccc3C2)C(=O)C2(C)C=Cc3ccccc3C2)cc1. The highest BCUT2D eigenvalue weighted by Crippen LogP contribution is 2.58. The Bertz CT molecular complexity index is 1400. The van der Waals surface area contributed by atoms with Crippen molar-refractivity contribution in [3.63, 3.8) is 0 Å². The third kappa shape index (κ3) is 4.34. The minimum atomic E-state index is -4.22. The molecule has 4 nitrogen and oxygen atoms in total. The highest BCUT2D eigenvalue weighted by atomic mass is 31.2. The molecule has 0 bridgehead atoms. The molecule has 0 N–H and O–H groups in total. The van der Waals surface area contributed by atoms with Gasteiger partial charge in [-0.15, -0.1) is 0 Å². The van der Waals surface area contributed by atoms with Crippen LogP contribution in [0.2, 0.25) is 0 Å². The van der Waals surface area contributed by atoms with Crippen molar-refractivity contribution in [3.8, 4) is 5.75 Å². The first-order valence-electron chi connectivity index (χ1n) is 12.7. The maximum Gasteiger partial charge on any atom is 0.240 e. The summed E-state index contributed by atoms with van der Waals surface area (Å²) >= 11 is 0. The van der Waals surface area contributed by atoms with E-state index >= 15 is 4.57 Å². The summed E-state index contributed by atoms with van der Waals surface area (Å²) in [6.07, 6.45) is 8.23. The zero-order valence-electron chi connectivity index (χ0n) is 21.4. The lowest BCUT2D eigenvalue weighted by Crippen LogP contribution is -2.40. The van der Waals surface area contributed by atoms with Gasteiger partial charge in [-0.1, -0.05) is 72.8 Å². The van der Waals surface area contributed by atoms with Crippen LogP contribution in [-0.4, -0.2) is 17.7 Å². The summed E-state index contributed by atoms with van der Waals surface area (Å²) < 4.78 is 20.7. The monoisotopic (exact) mass is 510 g/mol. The zero-order chi connectivity index (χ0) is 26.3. The number of rotatable bonds is 7. The van der Waals surface area contributed by atoms with Gasteiger partial charge in [0.1, 0.15) is 5.75 Å². The van der Waals surface area contributed by atoms with Crippen LogP contribution in [0, 0.1) is 10.8 Å². The lowest BCUT2D eigenvalue weighted by atomic mass is 9.78. The topological polar surface area (TPSA) is 60.4 Å². The summed E-state index contributed by atoms with van der Waals surface area (Å²) in [5.74, 6) is 0.605. The lowest BCUT2D eigenvalue weighted by molar-refractivity contribution is -0.121. The average molecular weight is 511 g/mol. The maximum atomic E-state index is 15.1. The summed E-state index contributed by atoms with van der Waals surface area (Å²) in [6.45, 7) is 5.96. The number of allylic oxidation sites excluding steroid dienone is 2. The molecule has 2 aliphatic carbocycles. The molecular weight excluding hydrogens is 479 g/mol. The van der Waals surface area contributed by atoms with Gasteiger partial charge in [0.15, 0.2) is 0 Å². The first-order valence-corrected chi connectivity index (χ1v) is 14.4. The van der Waals surface area contributed by atoms with Crippen LogP contribution in [0.3, 0.4) is 0 Å². The summed E-state index contributed by atoms with van der Waals surface area (Å²) in [6, 6.07) is 22.4. The highest BCUT2D eigenvalue weighted by molar-refractivity contribution is 8.00. The van der Waals surface area contributed by atoms with Crippen molar-refractivity contribution in [2.45, 2.75) is 33.6 Å². The summed E-state index contributed by atoms with van der Waals surface area (Å²) in [4.78, 5) is 28.9. The van der Waals surface area contributed by atoms with Gasteiger partial charge in [-0.05, 0) is 80.1 Å². The second-order valence-corrected chi connectivity index (χ2v) is 12.9. The second kappa shape index (κ2) is 9.43. The fourth-order valence-electron chi connectivity index (χ4n) is 5.43. The van der Waals surface area contributed by atoms with Gasteiger partial charge in [-0.3, -0.25) is 9.59 Å². The molecule has 0 saturated carbocycles. The fourth-order valence-corrected chi connectivity index (χ4v) is 8.40. The summed E-state index contributed by atoms with van der Waals surface area (Å²) in [7, 11) is -4.22. The van der Waals surface area contributed by atoms with E-state index in [0.29, 0.717) is 25.2 Å². The molecule has 37 heavy (non-hydrogen) atoms. The Kier molecular flexibility index (Phi) is 6.41. The summed E-state index contributed by atoms with van der Waals surface area (Å²) in [5.41, 5.74) is 0.882. The van der Waals surface area contributed by atoms with Gasteiger partial charge in [0.2, 0.25) is 18.2 Å². The number of fused-ring (bicyclic) bond motifs is 2. The molecule has 3 aromatic carbocycles. The number of carbonyl (C=O) groups is 2. The van der Waals surface area contributed by atoms with Gasteiger partial charge in [-0.25, -0.2) is 0 Å². The van der Waals surface area contributed by atoms with Gasteiger partial charge in [0.05, 0.1) is 17.4 Å². The van der Waals surface area contributed by atoms with E-state index in [9.17, 15) is 9.59 Å². The van der Waals surface area contributed by atoms with E-state index in [-0.39, 0.29) is 5.30 Å². The molecule has 0 saturated heterocycles. The van der Waals surface area contributed by atoms with Crippen molar-refractivity contribution in [3.05, 3.63) is 107 Å². The van der Waals surface area contributed by atoms with Crippen molar-refractivity contribution in [2.75, 3.05) is 6.61 Å². The van der Waals surface area contributed by atoms with Crippen LogP contribution < -0.4 is 10.0 Å². The van der Waals surface area contributed by atoms with E-state index in [0.717, 1.165) is 22.3 Å². The second-order valence-electron chi connectivity index (χ2n) is 10.4. The molecule has 0 amide bonds. The van der Waals surface area contributed by atoms with Crippen LogP contribution in [0.1, 0.15) is 43.0 Å². The van der Waals surface area contributed by atoms with Crippen LogP contribution in [0.25, 0.3) is 12.2 Å². The minimum absolute atomic E-state index is 0.257. The van der Waals surface area contributed by atoms with Gasteiger partial charge < -0.3 is 9.30 Å². The predicted octanol–water partition coefficient (Wildman–Crippen LogP) is 6.68. The van der Waals surface area contributed by atoms with Crippen molar-refractivity contribution in [1.29, 1.82) is 0 Å². The first-order chi connectivity index (χ1) is 17.7. The maximum absolute atomic E-state index is 15.1. The predicted molar refractivity (Wildman–Crippen MR) is 149 cm³/mol. The Morgan fingerprint density at radius 1 is 0.757 bits per heavy atom. The minimum Gasteiger partial charge on any atom is -0.494 e. The van der Waals surface area contributed by atoms with Crippen molar-refractivity contribution < 1.29 is 18.9 Å².